The Morgan fingerprint density at radius 1 is 1.11 bits per heavy atom. The van der Waals surface area contributed by atoms with Crippen LogP contribution in [0.25, 0.3) is 0 Å². The van der Waals surface area contributed by atoms with Crippen molar-refractivity contribution in [2.45, 2.75) is 44.6 Å². The summed E-state index contributed by atoms with van der Waals surface area (Å²) in [5.41, 5.74) is 0.489. The smallest absolute Gasteiger partial charge is 0.253 e. The van der Waals surface area contributed by atoms with Crippen molar-refractivity contribution in [2.24, 2.45) is 23.2 Å². The second kappa shape index (κ2) is 6.83. The summed E-state index contributed by atoms with van der Waals surface area (Å²) in [4.78, 5) is 26.9. The van der Waals surface area contributed by atoms with E-state index in [1.807, 2.05) is 0 Å². The summed E-state index contributed by atoms with van der Waals surface area (Å²) < 4.78 is 18.8. The molecular formula is C22H27FN2O3. The normalized spacial score (nSPS) is 36.6. The molecule has 1 aliphatic heterocycles. The quantitative estimate of drug-likeness (QED) is 0.866. The summed E-state index contributed by atoms with van der Waals surface area (Å²) >= 11 is 0. The molecule has 150 valence electrons. The number of ether oxygens (including phenoxy) is 1. The summed E-state index contributed by atoms with van der Waals surface area (Å²) in [6.45, 7) is 0.756. The van der Waals surface area contributed by atoms with E-state index in [2.05, 4.69) is 5.32 Å². The maximum atomic E-state index is 13.2. The van der Waals surface area contributed by atoms with E-state index in [4.69, 9.17) is 4.74 Å². The summed E-state index contributed by atoms with van der Waals surface area (Å²) in [7, 11) is 0. The zero-order valence-corrected chi connectivity index (χ0v) is 16.0. The van der Waals surface area contributed by atoms with Gasteiger partial charge in [-0.15, -0.1) is 0 Å². The fourth-order valence-corrected chi connectivity index (χ4v) is 6.40. The maximum Gasteiger partial charge on any atom is 0.253 e. The van der Waals surface area contributed by atoms with E-state index < -0.39 is 0 Å². The van der Waals surface area contributed by atoms with E-state index in [0.29, 0.717) is 18.8 Å². The van der Waals surface area contributed by atoms with Crippen LogP contribution in [0, 0.1) is 29.0 Å². The molecule has 6 rings (SSSR count). The van der Waals surface area contributed by atoms with Crippen molar-refractivity contribution in [3.63, 3.8) is 0 Å². The lowest BCUT2D eigenvalue weighted by atomic mass is 9.49. The molecule has 0 radical (unpaired) electrons. The fourth-order valence-electron chi connectivity index (χ4n) is 6.40. The minimum absolute atomic E-state index is 0.0186. The van der Waals surface area contributed by atoms with Gasteiger partial charge in [0, 0.05) is 17.6 Å². The Morgan fingerprint density at radius 2 is 1.71 bits per heavy atom. The number of amides is 2. The number of nitrogens with zero attached hydrogens (tertiary/aromatic N) is 1. The molecule has 1 heterocycles. The first kappa shape index (κ1) is 18.1. The average Bonchev–Trinajstić information content (AvgIpc) is 2.67. The zero-order valence-electron chi connectivity index (χ0n) is 16.0. The van der Waals surface area contributed by atoms with E-state index in [1.165, 1.54) is 31.4 Å². The largest absolute Gasteiger partial charge is 0.365 e. The van der Waals surface area contributed by atoms with Crippen molar-refractivity contribution >= 4 is 17.5 Å². The second-order valence-corrected chi connectivity index (χ2v) is 9.32. The first-order chi connectivity index (χ1) is 13.5. The average molecular weight is 386 g/mol. The molecule has 6 heteroatoms. The number of rotatable bonds is 4. The molecule has 5 fully saturated rings. The molecule has 1 saturated heterocycles. The summed E-state index contributed by atoms with van der Waals surface area (Å²) in [5.74, 6) is 1.90. The van der Waals surface area contributed by atoms with Crippen LogP contribution in [0.2, 0.25) is 0 Å². The lowest BCUT2D eigenvalue weighted by Crippen LogP contribution is -2.56. The number of carbonyl (C=O) groups is 2. The third-order valence-corrected chi connectivity index (χ3v) is 7.28. The van der Waals surface area contributed by atoms with Gasteiger partial charge in [0.05, 0.1) is 12.6 Å². The molecule has 5 nitrogen and oxygen atoms in total. The van der Waals surface area contributed by atoms with Crippen LogP contribution in [-0.2, 0) is 14.3 Å². The third kappa shape index (κ3) is 3.21. The summed E-state index contributed by atoms with van der Waals surface area (Å²) in [5, 5.41) is 3.14. The predicted molar refractivity (Wildman–Crippen MR) is 102 cm³/mol. The number of hydrogen-bond acceptors (Lipinski definition) is 3. The fraction of sp³-hybridized carbons (Fsp3) is 0.636. The Balaban J connectivity index is 1.21. The Labute approximate surface area is 164 Å². The number of anilines is 1. The molecule has 28 heavy (non-hydrogen) atoms. The highest BCUT2D eigenvalue weighted by molar-refractivity contribution is 5.95. The molecule has 2 amide bonds. The molecule has 1 aromatic carbocycles. The van der Waals surface area contributed by atoms with Crippen LogP contribution in [0.4, 0.5) is 10.1 Å². The second-order valence-electron chi connectivity index (χ2n) is 9.32. The Kier molecular flexibility index (Phi) is 4.42. The topological polar surface area (TPSA) is 58.6 Å². The minimum Gasteiger partial charge on any atom is -0.365 e. The third-order valence-electron chi connectivity index (χ3n) is 7.28. The summed E-state index contributed by atoms with van der Waals surface area (Å²) in [6.07, 6.45) is 6.80. The lowest BCUT2D eigenvalue weighted by Gasteiger charge is -2.55. The molecule has 0 spiro atoms. The van der Waals surface area contributed by atoms with Crippen LogP contribution >= 0.6 is 0 Å². The van der Waals surface area contributed by atoms with Gasteiger partial charge >= 0.3 is 0 Å². The van der Waals surface area contributed by atoms with Gasteiger partial charge in [-0.2, -0.15) is 0 Å². The van der Waals surface area contributed by atoms with E-state index in [-0.39, 0.29) is 35.8 Å². The highest BCUT2D eigenvalue weighted by atomic mass is 19.1. The van der Waals surface area contributed by atoms with Crippen LogP contribution in [0.15, 0.2) is 24.3 Å². The van der Waals surface area contributed by atoms with Crippen LogP contribution < -0.4 is 10.2 Å². The van der Waals surface area contributed by atoms with Gasteiger partial charge in [-0.1, -0.05) is 0 Å². The van der Waals surface area contributed by atoms with Gasteiger partial charge < -0.3 is 15.0 Å². The number of benzene rings is 1. The Morgan fingerprint density at radius 3 is 2.32 bits per heavy atom. The molecule has 4 bridgehead atoms. The minimum atomic E-state index is -0.330. The first-order valence-electron chi connectivity index (χ1n) is 10.5. The van der Waals surface area contributed by atoms with Crippen LogP contribution in [0.3, 0.4) is 0 Å². The van der Waals surface area contributed by atoms with Crippen molar-refractivity contribution in [1.29, 1.82) is 0 Å². The molecule has 1 unspecified atom stereocenters. The number of nitrogens with one attached hydrogen (secondary N) is 1. The number of morpholine rings is 1. The first-order valence-corrected chi connectivity index (χ1v) is 10.5. The summed E-state index contributed by atoms with van der Waals surface area (Å²) in [6, 6.07) is 5.90. The van der Waals surface area contributed by atoms with Crippen LogP contribution in [0.1, 0.15) is 38.5 Å². The van der Waals surface area contributed by atoms with E-state index in [9.17, 15) is 14.0 Å². The van der Waals surface area contributed by atoms with E-state index in [1.54, 1.807) is 17.0 Å². The molecule has 1 aromatic rings. The van der Waals surface area contributed by atoms with Crippen LogP contribution in [-0.4, -0.2) is 37.6 Å². The Bertz CT molecular complexity index is 743. The zero-order chi connectivity index (χ0) is 19.3. The van der Waals surface area contributed by atoms with Gasteiger partial charge in [0.15, 0.2) is 0 Å². The van der Waals surface area contributed by atoms with Crippen molar-refractivity contribution < 1.29 is 18.7 Å². The van der Waals surface area contributed by atoms with E-state index in [0.717, 1.165) is 37.0 Å². The van der Waals surface area contributed by atoms with Crippen molar-refractivity contribution in [1.82, 2.24) is 5.32 Å². The highest BCUT2D eigenvalue weighted by Gasteiger charge is 2.54. The SMILES string of the molecule is O=C1COC(CNC(=O)C23CC4CC(CC(C4)C2)C3)CN1c1ccc(F)cc1. The molecule has 4 aliphatic carbocycles. The maximum absolute atomic E-state index is 13.2. The van der Waals surface area contributed by atoms with Gasteiger partial charge in [0.25, 0.3) is 5.91 Å². The van der Waals surface area contributed by atoms with Crippen molar-refractivity contribution in [3.8, 4) is 0 Å². The van der Waals surface area contributed by atoms with Gasteiger partial charge in [-0.3, -0.25) is 9.59 Å². The molecule has 4 saturated carbocycles. The molecule has 0 aromatic heterocycles. The molecule has 1 atom stereocenters. The van der Waals surface area contributed by atoms with E-state index >= 15 is 0 Å². The van der Waals surface area contributed by atoms with Crippen LogP contribution in [0.5, 0.6) is 0 Å². The molecule has 5 aliphatic rings. The monoisotopic (exact) mass is 386 g/mol. The molecular weight excluding hydrogens is 359 g/mol. The van der Waals surface area contributed by atoms with Gasteiger partial charge in [-0.25, -0.2) is 4.39 Å². The van der Waals surface area contributed by atoms with Crippen molar-refractivity contribution in [3.05, 3.63) is 30.1 Å². The van der Waals surface area contributed by atoms with Gasteiger partial charge in [0.1, 0.15) is 12.4 Å². The van der Waals surface area contributed by atoms with Gasteiger partial charge in [0.2, 0.25) is 5.91 Å². The number of carbonyl (C=O) groups excluding carboxylic acids is 2. The van der Waals surface area contributed by atoms with Gasteiger partial charge in [-0.05, 0) is 80.5 Å². The number of hydrogen-bond donors (Lipinski definition) is 1. The lowest BCUT2D eigenvalue weighted by molar-refractivity contribution is -0.147. The molecule has 1 N–H and O–H groups in total. The number of halogens is 1. The predicted octanol–water partition coefficient (Wildman–Crippen LogP) is 2.89. The Hall–Kier alpha value is -1.95. The standard InChI is InChI=1S/C22H27FN2O3/c23-17-1-3-18(4-2-17)25-12-19(28-13-20(25)26)11-24-21(27)22-8-14-5-15(9-22)7-16(6-14)10-22/h1-4,14-16,19H,5-13H2,(H,24,27). The van der Waals surface area contributed by atoms with Crippen molar-refractivity contribution in [2.75, 3.05) is 24.6 Å². The highest BCUT2D eigenvalue weighted by Crippen LogP contribution is 2.60.